The Balaban J connectivity index is 2.35. The van der Waals surface area contributed by atoms with Gasteiger partial charge in [0.25, 0.3) is 0 Å². The summed E-state index contributed by atoms with van der Waals surface area (Å²) < 4.78 is 10.4. The van der Waals surface area contributed by atoms with E-state index in [-0.39, 0.29) is 6.61 Å². The van der Waals surface area contributed by atoms with Crippen LogP contribution in [0, 0.1) is 0 Å². The van der Waals surface area contributed by atoms with E-state index in [9.17, 15) is 9.59 Å². The fraction of sp³-hybridized carbons (Fsp3) is 0.100. The molecule has 0 saturated heterocycles. The number of esters is 2. The topological polar surface area (TPSA) is 52.6 Å². The van der Waals surface area contributed by atoms with Crippen LogP contribution >= 0.6 is 0 Å². The predicted octanol–water partition coefficient (Wildman–Crippen LogP) is 3.60. The zero-order chi connectivity index (χ0) is 17.4. The highest BCUT2D eigenvalue weighted by atomic mass is 16.5. The van der Waals surface area contributed by atoms with Gasteiger partial charge in [-0.3, -0.25) is 0 Å². The Kier molecular flexibility index (Phi) is 6.08. The third-order valence-electron chi connectivity index (χ3n) is 3.37. The average Bonchev–Trinajstić information content (AvgIpc) is 2.62. The van der Waals surface area contributed by atoms with Crippen LogP contribution in [0.25, 0.3) is 0 Å². The Morgan fingerprint density at radius 1 is 0.917 bits per heavy atom. The van der Waals surface area contributed by atoms with E-state index in [1.165, 1.54) is 0 Å². The number of carbonyl (C=O) groups excluding carboxylic acids is 2. The molecule has 122 valence electrons. The molecule has 0 unspecified atom stereocenters. The van der Waals surface area contributed by atoms with Crippen molar-refractivity contribution in [3.05, 3.63) is 90.5 Å². The summed E-state index contributed by atoms with van der Waals surface area (Å²) >= 11 is 0. The Morgan fingerprint density at radius 3 is 2.29 bits per heavy atom. The van der Waals surface area contributed by atoms with Gasteiger partial charge in [0.1, 0.15) is 12.4 Å². The van der Waals surface area contributed by atoms with Crippen LogP contribution in [0.15, 0.2) is 73.8 Å². The second-order valence-electron chi connectivity index (χ2n) is 4.99. The van der Waals surface area contributed by atoms with Crippen LogP contribution in [0.2, 0.25) is 0 Å². The maximum Gasteiger partial charge on any atom is 0.335 e. The fourth-order valence-corrected chi connectivity index (χ4v) is 2.20. The van der Waals surface area contributed by atoms with E-state index in [1.807, 2.05) is 36.4 Å². The van der Waals surface area contributed by atoms with Crippen molar-refractivity contribution in [1.29, 1.82) is 0 Å². The molecule has 0 atom stereocenters. The number of rotatable bonds is 7. The molecule has 0 N–H and O–H groups in total. The number of benzene rings is 2. The zero-order valence-electron chi connectivity index (χ0n) is 13.2. The van der Waals surface area contributed by atoms with Crippen molar-refractivity contribution < 1.29 is 19.1 Å². The van der Waals surface area contributed by atoms with Crippen LogP contribution in [0.5, 0.6) is 5.75 Å². The Bertz CT molecular complexity index is 747. The summed E-state index contributed by atoms with van der Waals surface area (Å²) in [6.07, 6.45) is 2.76. The monoisotopic (exact) mass is 322 g/mol. The van der Waals surface area contributed by atoms with Crippen LogP contribution in [-0.4, -0.2) is 11.9 Å². The molecule has 0 amide bonds. The van der Waals surface area contributed by atoms with Gasteiger partial charge < -0.3 is 9.47 Å². The van der Waals surface area contributed by atoms with Crippen LogP contribution in [0.4, 0.5) is 0 Å². The number of carbonyl (C=O) groups is 2. The van der Waals surface area contributed by atoms with E-state index in [4.69, 9.17) is 9.47 Å². The standard InChI is InChI=1S/C20H18O4/c1-3-19(21)23-14-16-11-8-12-18(24-20(22)4-2)17(16)13-15-9-6-5-7-10-15/h3-12H,1-2,13-14H2. The molecule has 0 radical (unpaired) electrons. The third kappa shape index (κ3) is 4.68. The molecule has 0 aliphatic carbocycles. The van der Waals surface area contributed by atoms with Crippen molar-refractivity contribution >= 4 is 11.9 Å². The molecule has 0 aliphatic rings. The molecule has 0 heterocycles. The summed E-state index contributed by atoms with van der Waals surface area (Å²) in [6, 6.07) is 15.0. The summed E-state index contributed by atoms with van der Waals surface area (Å²) in [5.74, 6) is -0.616. The van der Waals surface area contributed by atoms with E-state index in [0.717, 1.165) is 28.8 Å². The van der Waals surface area contributed by atoms with Crippen molar-refractivity contribution in [2.45, 2.75) is 13.0 Å². The molecule has 0 aromatic heterocycles. The van der Waals surface area contributed by atoms with Gasteiger partial charge in [-0.2, -0.15) is 0 Å². The molecular weight excluding hydrogens is 304 g/mol. The predicted molar refractivity (Wildman–Crippen MR) is 91.5 cm³/mol. The Labute approximate surface area is 141 Å². The smallest absolute Gasteiger partial charge is 0.335 e. The normalized spacial score (nSPS) is 9.83. The first kappa shape index (κ1) is 17.2. The highest BCUT2D eigenvalue weighted by Gasteiger charge is 2.13. The van der Waals surface area contributed by atoms with Crippen molar-refractivity contribution in [1.82, 2.24) is 0 Å². The van der Waals surface area contributed by atoms with Gasteiger partial charge in [0.05, 0.1) is 0 Å². The summed E-state index contributed by atoms with van der Waals surface area (Å²) in [5, 5.41) is 0. The maximum atomic E-state index is 11.6. The van der Waals surface area contributed by atoms with Crippen LogP contribution in [0.3, 0.4) is 0 Å². The van der Waals surface area contributed by atoms with Crippen molar-refractivity contribution in [2.75, 3.05) is 0 Å². The van der Waals surface area contributed by atoms with E-state index < -0.39 is 11.9 Å². The van der Waals surface area contributed by atoms with E-state index in [1.54, 1.807) is 12.1 Å². The fourth-order valence-electron chi connectivity index (χ4n) is 2.20. The van der Waals surface area contributed by atoms with Crippen molar-refractivity contribution in [3.63, 3.8) is 0 Å². The van der Waals surface area contributed by atoms with Gasteiger partial charge >= 0.3 is 11.9 Å². The second kappa shape index (κ2) is 8.48. The minimum atomic E-state index is -0.537. The minimum absolute atomic E-state index is 0.0759. The van der Waals surface area contributed by atoms with E-state index in [2.05, 4.69) is 13.2 Å². The van der Waals surface area contributed by atoms with E-state index >= 15 is 0 Å². The molecule has 0 fully saturated rings. The van der Waals surface area contributed by atoms with Gasteiger partial charge in [-0.25, -0.2) is 9.59 Å². The van der Waals surface area contributed by atoms with Gasteiger partial charge in [-0.05, 0) is 17.2 Å². The summed E-state index contributed by atoms with van der Waals surface area (Å²) in [6.45, 7) is 6.86. The summed E-state index contributed by atoms with van der Waals surface area (Å²) in [7, 11) is 0. The zero-order valence-corrected chi connectivity index (χ0v) is 13.2. The largest absolute Gasteiger partial charge is 0.458 e. The van der Waals surface area contributed by atoms with Gasteiger partial charge in [-0.1, -0.05) is 55.6 Å². The number of hydrogen-bond acceptors (Lipinski definition) is 4. The SMILES string of the molecule is C=CC(=O)OCc1cccc(OC(=O)C=C)c1Cc1ccccc1. The maximum absolute atomic E-state index is 11.6. The molecule has 0 bridgehead atoms. The molecule has 0 spiro atoms. The number of hydrogen-bond donors (Lipinski definition) is 0. The molecule has 2 aromatic rings. The molecule has 4 heteroatoms. The molecule has 0 saturated carbocycles. The van der Waals surface area contributed by atoms with Crippen molar-refractivity contribution in [3.8, 4) is 5.75 Å². The van der Waals surface area contributed by atoms with Crippen molar-refractivity contribution in [2.24, 2.45) is 0 Å². The molecule has 24 heavy (non-hydrogen) atoms. The lowest BCUT2D eigenvalue weighted by molar-refractivity contribution is -0.139. The molecule has 2 aromatic carbocycles. The first-order chi connectivity index (χ1) is 11.6. The van der Waals surface area contributed by atoms with Crippen LogP contribution in [0.1, 0.15) is 16.7 Å². The van der Waals surface area contributed by atoms with Gasteiger partial charge in [0, 0.05) is 24.1 Å². The lowest BCUT2D eigenvalue weighted by Gasteiger charge is -2.14. The first-order valence-corrected chi connectivity index (χ1v) is 7.42. The van der Waals surface area contributed by atoms with Crippen LogP contribution in [-0.2, 0) is 27.4 Å². The molecule has 4 nitrogen and oxygen atoms in total. The molecule has 0 aliphatic heterocycles. The molecule has 2 rings (SSSR count). The highest BCUT2D eigenvalue weighted by Crippen LogP contribution is 2.26. The van der Waals surface area contributed by atoms with Gasteiger partial charge in [0.15, 0.2) is 0 Å². The second-order valence-corrected chi connectivity index (χ2v) is 4.99. The van der Waals surface area contributed by atoms with Gasteiger partial charge in [0.2, 0.25) is 0 Å². The number of ether oxygens (including phenoxy) is 2. The van der Waals surface area contributed by atoms with E-state index in [0.29, 0.717) is 12.2 Å². The Morgan fingerprint density at radius 2 is 1.62 bits per heavy atom. The van der Waals surface area contributed by atoms with Crippen LogP contribution < -0.4 is 4.74 Å². The van der Waals surface area contributed by atoms with Gasteiger partial charge in [-0.15, -0.1) is 0 Å². The Hall–Kier alpha value is -3.14. The minimum Gasteiger partial charge on any atom is -0.458 e. The first-order valence-electron chi connectivity index (χ1n) is 7.42. The molecular formula is C20H18O4. The third-order valence-corrected chi connectivity index (χ3v) is 3.37. The lowest BCUT2D eigenvalue weighted by Crippen LogP contribution is -2.09. The summed E-state index contributed by atoms with van der Waals surface area (Å²) in [4.78, 5) is 22.9. The average molecular weight is 322 g/mol. The summed E-state index contributed by atoms with van der Waals surface area (Å²) in [5.41, 5.74) is 2.61. The lowest BCUT2D eigenvalue weighted by atomic mass is 9.99. The quantitative estimate of drug-likeness (QED) is 0.444. The highest BCUT2D eigenvalue weighted by molar-refractivity contribution is 5.83.